The third-order valence-corrected chi connectivity index (χ3v) is 5.78. The van der Waals surface area contributed by atoms with Crippen LogP contribution in [0.3, 0.4) is 0 Å². The van der Waals surface area contributed by atoms with Crippen LogP contribution in [0, 0.1) is 12.8 Å². The molecule has 1 atom stereocenters. The van der Waals surface area contributed by atoms with Crippen LogP contribution in [-0.4, -0.2) is 36.5 Å². The number of nitrogens with one attached hydrogen (secondary N) is 1. The number of hydrogen-bond acceptors (Lipinski definition) is 5. The van der Waals surface area contributed by atoms with Gasteiger partial charge >= 0.3 is 0 Å². The Morgan fingerprint density at radius 1 is 1.38 bits per heavy atom. The summed E-state index contributed by atoms with van der Waals surface area (Å²) in [5.41, 5.74) is 1.15. The molecule has 2 N–H and O–H groups in total. The molecule has 0 aliphatic heterocycles. The van der Waals surface area contributed by atoms with Crippen molar-refractivity contribution >= 4 is 11.3 Å². The van der Waals surface area contributed by atoms with Crippen LogP contribution in [0.5, 0.6) is 0 Å². The molecule has 1 saturated carbocycles. The van der Waals surface area contributed by atoms with Gasteiger partial charge in [0.2, 0.25) is 0 Å². The number of rotatable bonds is 7. The fourth-order valence-electron chi connectivity index (χ4n) is 3.10. The summed E-state index contributed by atoms with van der Waals surface area (Å²) in [6.45, 7) is 5.42. The Balaban J connectivity index is 1.88. The van der Waals surface area contributed by atoms with Gasteiger partial charge in [-0.1, -0.05) is 0 Å². The van der Waals surface area contributed by atoms with Crippen molar-refractivity contribution in [2.75, 3.05) is 20.3 Å². The molecule has 1 aliphatic rings. The highest BCUT2D eigenvalue weighted by Gasteiger charge is 2.23. The van der Waals surface area contributed by atoms with E-state index in [1.54, 1.807) is 7.11 Å². The molecule has 1 heterocycles. The summed E-state index contributed by atoms with van der Waals surface area (Å²) in [5.74, 6) is 0.518. The topological polar surface area (TPSA) is 54.4 Å². The third-order valence-electron chi connectivity index (χ3n) is 4.38. The van der Waals surface area contributed by atoms with Crippen molar-refractivity contribution in [2.45, 2.75) is 58.0 Å². The van der Waals surface area contributed by atoms with Crippen LogP contribution in [0.2, 0.25) is 0 Å². The number of hydrogen-bond donors (Lipinski definition) is 2. The highest BCUT2D eigenvalue weighted by molar-refractivity contribution is 7.11. The minimum atomic E-state index is 0.346. The number of methoxy groups -OCH3 is 1. The van der Waals surface area contributed by atoms with E-state index in [0.29, 0.717) is 24.6 Å². The minimum absolute atomic E-state index is 0.346. The number of ether oxygens (including phenoxy) is 1. The molecule has 0 amide bonds. The number of aliphatic hydroxyl groups excluding tert-OH is 1. The molecule has 21 heavy (non-hydrogen) atoms. The first-order valence-electron chi connectivity index (χ1n) is 7.96. The molecule has 1 aliphatic carbocycles. The number of aryl methyl sites for hydroxylation is 1. The zero-order chi connectivity index (χ0) is 15.2. The quantitative estimate of drug-likeness (QED) is 0.813. The molecule has 120 valence electrons. The van der Waals surface area contributed by atoms with Crippen LogP contribution < -0.4 is 5.32 Å². The van der Waals surface area contributed by atoms with E-state index in [9.17, 15) is 5.11 Å². The summed E-state index contributed by atoms with van der Waals surface area (Å²) < 4.78 is 5.13. The van der Waals surface area contributed by atoms with Gasteiger partial charge in [0, 0.05) is 37.1 Å². The molecule has 5 heteroatoms. The summed E-state index contributed by atoms with van der Waals surface area (Å²) in [5, 5.41) is 14.1. The molecular weight excluding hydrogens is 284 g/mol. The van der Waals surface area contributed by atoms with Crippen LogP contribution in [-0.2, 0) is 11.2 Å². The van der Waals surface area contributed by atoms with Gasteiger partial charge in [-0.3, -0.25) is 0 Å². The molecule has 0 saturated heterocycles. The maximum Gasteiger partial charge on any atom is 0.0954 e. The van der Waals surface area contributed by atoms with Crippen molar-refractivity contribution in [3.05, 3.63) is 15.6 Å². The van der Waals surface area contributed by atoms with Crippen molar-refractivity contribution < 1.29 is 9.84 Å². The number of aromatic nitrogens is 1. The van der Waals surface area contributed by atoms with E-state index >= 15 is 0 Å². The van der Waals surface area contributed by atoms with E-state index in [2.05, 4.69) is 24.1 Å². The molecule has 1 fully saturated rings. The van der Waals surface area contributed by atoms with Gasteiger partial charge in [0.1, 0.15) is 0 Å². The Morgan fingerprint density at radius 3 is 2.71 bits per heavy atom. The van der Waals surface area contributed by atoms with Crippen molar-refractivity contribution in [1.82, 2.24) is 10.3 Å². The van der Waals surface area contributed by atoms with Gasteiger partial charge in [-0.05, 0) is 45.4 Å². The highest BCUT2D eigenvalue weighted by Crippen LogP contribution is 2.29. The van der Waals surface area contributed by atoms with Crippen LogP contribution >= 0.6 is 11.3 Å². The predicted molar refractivity (Wildman–Crippen MR) is 86.8 cm³/mol. The predicted octanol–water partition coefficient (Wildman–Crippen LogP) is 2.84. The fraction of sp³-hybridized carbons (Fsp3) is 0.812. The van der Waals surface area contributed by atoms with Gasteiger partial charge in [0.15, 0.2) is 0 Å². The van der Waals surface area contributed by atoms with Crippen LogP contribution in [0.4, 0.5) is 0 Å². The maximum atomic E-state index is 9.21. The third kappa shape index (κ3) is 4.74. The Kier molecular flexibility index (Phi) is 6.61. The summed E-state index contributed by atoms with van der Waals surface area (Å²) in [6.07, 6.45) is 5.52. The largest absolute Gasteiger partial charge is 0.396 e. The fourth-order valence-corrected chi connectivity index (χ4v) is 4.16. The highest BCUT2D eigenvalue weighted by atomic mass is 32.1. The van der Waals surface area contributed by atoms with Gasteiger partial charge in [0.05, 0.1) is 17.3 Å². The Hall–Kier alpha value is -0.490. The second-order valence-electron chi connectivity index (χ2n) is 6.09. The lowest BCUT2D eigenvalue weighted by Gasteiger charge is -2.30. The normalized spacial score (nSPS) is 24.2. The van der Waals surface area contributed by atoms with Gasteiger partial charge in [-0.25, -0.2) is 4.98 Å². The van der Waals surface area contributed by atoms with Crippen LogP contribution in [0.15, 0.2) is 0 Å². The first-order valence-corrected chi connectivity index (χ1v) is 8.77. The Labute approximate surface area is 131 Å². The van der Waals surface area contributed by atoms with Gasteiger partial charge in [-0.2, -0.15) is 0 Å². The smallest absolute Gasteiger partial charge is 0.0954 e. The van der Waals surface area contributed by atoms with E-state index in [-0.39, 0.29) is 0 Å². The summed E-state index contributed by atoms with van der Waals surface area (Å²) >= 11 is 1.81. The Bertz CT molecular complexity index is 428. The average Bonchev–Trinajstić information content (AvgIpc) is 2.87. The van der Waals surface area contributed by atoms with Crippen molar-refractivity contribution in [3.8, 4) is 0 Å². The van der Waals surface area contributed by atoms with E-state index < -0.39 is 0 Å². The van der Waals surface area contributed by atoms with Gasteiger partial charge in [0.25, 0.3) is 0 Å². The first-order chi connectivity index (χ1) is 10.1. The van der Waals surface area contributed by atoms with Crippen molar-refractivity contribution in [2.24, 2.45) is 5.92 Å². The Morgan fingerprint density at radius 2 is 2.10 bits per heavy atom. The minimum Gasteiger partial charge on any atom is -0.396 e. The maximum absolute atomic E-state index is 9.21. The average molecular weight is 312 g/mol. The zero-order valence-electron chi connectivity index (χ0n) is 13.4. The second-order valence-corrected chi connectivity index (χ2v) is 7.20. The van der Waals surface area contributed by atoms with E-state index in [4.69, 9.17) is 4.74 Å². The molecule has 0 bridgehead atoms. The van der Waals surface area contributed by atoms with E-state index in [1.807, 2.05) is 11.3 Å². The lowest BCUT2D eigenvalue weighted by atomic mass is 9.86. The SMILES string of the molecule is COCCc1nc(C)c(C(C)NC2CCC(CO)CC2)s1. The molecule has 1 aromatic rings. The number of nitrogens with zero attached hydrogens (tertiary/aromatic N) is 1. The summed E-state index contributed by atoms with van der Waals surface area (Å²) in [4.78, 5) is 6.01. The van der Waals surface area contributed by atoms with E-state index in [1.165, 1.54) is 22.7 Å². The number of thiazole rings is 1. The lowest BCUT2D eigenvalue weighted by molar-refractivity contribution is 0.172. The summed E-state index contributed by atoms with van der Waals surface area (Å²) in [7, 11) is 1.73. The lowest BCUT2D eigenvalue weighted by Crippen LogP contribution is -2.35. The number of aliphatic hydroxyl groups is 1. The molecule has 4 nitrogen and oxygen atoms in total. The van der Waals surface area contributed by atoms with Crippen LogP contribution in [0.1, 0.15) is 54.2 Å². The molecule has 0 spiro atoms. The molecule has 1 unspecified atom stereocenters. The molecule has 0 aromatic carbocycles. The van der Waals surface area contributed by atoms with Gasteiger partial charge < -0.3 is 15.2 Å². The second kappa shape index (κ2) is 8.22. The standard InChI is InChI=1S/C16H28N2O2S/c1-11(17-14-6-4-13(10-19)5-7-14)16-12(2)18-15(21-16)8-9-20-3/h11,13-14,17,19H,4-10H2,1-3H3. The van der Waals surface area contributed by atoms with Gasteiger partial charge in [-0.15, -0.1) is 11.3 Å². The van der Waals surface area contributed by atoms with Crippen molar-refractivity contribution in [1.29, 1.82) is 0 Å². The molecule has 1 aromatic heterocycles. The molecule has 2 rings (SSSR count). The molecular formula is C16H28N2O2S. The zero-order valence-corrected chi connectivity index (χ0v) is 14.2. The first kappa shape index (κ1) is 16.9. The summed E-state index contributed by atoms with van der Waals surface area (Å²) in [6, 6.07) is 0.932. The van der Waals surface area contributed by atoms with E-state index in [0.717, 1.165) is 31.6 Å². The molecule has 0 radical (unpaired) electrons. The van der Waals surface area contributed by atoms with Crippen LogP contribution in [0.25, 0.3) is 0 Å². The van der Waals surface area contributed by atoms with Crippen molar-refractivity contribution in [3.63, 3.8) is 0 Å². The monoisotopic (exact) mass is 312 g/mol.